The smallest absolute Gasteiger partial charge is 0.331 e. The molecule has 1 aromatic heterocycles. The highest BCUT2D eigenvalue weighted by Gasteiger charge is 2.53. The minimum Gasteiger partial charge on any atom is -0.425 e. The molecule has 1 N–H and O–H groups in total. The Morgan fingerprint density at radius 3 is 2.44 bits per heavy atom. The molecule has 1 unspecified atom stereocenters. The number of anilines is 1. The number of carbonyl (C=O) groups excluding carboxylic acids is 2. The number of hydrogen-bond donors (Lipinski definition) is 1. The highest BCUT2D eigenvalue weighted by molar-refractivity contribution is 6.07. The molecular weight excluding hydrogens is 424 g/mol. The Balaban J connectivity index is 1.82. The van der Waals surface area contributed by atoms with Crippen molar-refractivity contribution in [2.45, 2.75) is 33.1 Å². The summed E-state index contributed by atoms with van der Waals surface area (Å²) in [5.74, 6) is 0.101. The summed E-state index contributed by atoms with van der Waals surface area (Å²) in [5.41, 5.74) is 2.95. The lowest BCUT2D eigenvalue weighted by atomic mass is 9.69. The Bertz CT molecular complexity index is 1440. The maximum atomic E-state index is 13.8. The van der Waals surface area contributed by atoms with E-state index in [4.69, 9.17) is 4.74 Å². The van der Waals surface area contributed by atoms with E-state index in [1.54, 1.807) is 6.20 Å². The number of aryl methyl sites for hydroxylation is 1. The minimum absolute atomic E-state index is 0.105. The third-order valence-electron chi connectivity index (χ3n) is 6.36. The molecule has 1 aliphatic heterocycles. The first-order valence-electron chi connectivity index (χ1n) is 11.3. The number of rotatable bonds is 3. The number of aromatic nitrogens is 1. The number of carbonyl (C=O) groups is 2. The maximum Gasteiger partial charge on any atom is 0.331 e. The van der Waals surface area contributed by atoms with Crippen molar-refractivity contribution >= 4 is 28.5 Å². The molecule has 34 heavy (non-hydrogen) atoms. The zero-order valence-electron chi connectivity index (χ0n) is 19.7. The molecule has 1 aliphatic rings. The molecule has 0 fully saturated rings. The van der Waals surface area contributed by atoms with Crippen molar-refractivity contribution in [3.05, 3.63) is 101 Å². The molecule has 170 valence electrons. The number of ether oxygens (including phenoxy) is 1. The van der Waals surface area contributed by atoms with Gasteiger partial charge in [0.2, 0.25) is 5.91 Å². The van der Waals surface area contributed by atoms with Gasteiger partial charge in [-0.2, -0.15) is 0 Å². The predicted octanol–water partition coefficient (Wildman–Crippen LogP) is 5.78. The monoisotopic (exact) mass is 450 g/mol. The fourth-order valence-electron chi connectivity index (χ4n) is 4.59. The van der Waals surface area contributed by atoms with Gasteiger partial charge in [0.05, 0.1) is 11.2 Å². The van der Waals surface area contributed by atoms with E-state index in [0.717, 1.165) is 27.6 Å². The highest BCUT2D eigenvalue weighted by Crippen LogP contribution is 2.51. The van der Waals surface area contributed by atoms with Crippen molar-refractivity contribution in [2.24, 2.45) is 5.41 Å². The Labute approximate surface area is 198 Å². The molecule has 3 aromatic carbocycles. The van der Waals surface area contributed by atoms with Gasteiger partial charge < -0.3 is 10.1 Å². The van der Waals surface area contributed by atoms with Crippen molar-refractivity contribution in [3.8, 4) is 5.75 Å². The summed E-state index contributed by atoms with van der Waals surface area (Å²) in [4.78, 5) is 31.1. The number of hydrogen-bond acceptors (Lipinski definition) is 4. The van der Waals surface area contributed by atoms with Crippen LogP contribution in [-0.4, -0.2) is 16.9 Å². The summed E-state index contributed by atoms with van der Waals surface area (Å²) in [7, 11) is 0. The van der Waals surface area contributed by atoms with Crippen molar-refractivity contribution in [1.82, 2.24) is 4.98 Å². The molecule has 5 rings (SSSR count). The third-order valence-corrected chi connectivity index (χ3v) is 6.36. The summed E-state index contributed by atoms with van der Waals surface area (Å²) in [6.07, 6.45) is 1.69. The second kappa shape index (κ2) is 7.80. The molecule has 5 nitrogen and oxygen atoms in total. The first-order valence-corrected chi connectivity index (χ1v) is 11.3. The van der Waals surface area contributed by atoms with E-state index in [2.05, 4.69) is 10.3 Å². The molecule has 1 amide bonds. The van der Waals surface area contributed by atoms with Gasteiger partial charge in [-0.1, -0.05) is 80.9 Å². The molecule has 0 bridgehead atoms. The highest BCUT2D eigenvalue weighted by atomic mass is 16.5. The van der Waals surface area contributed by atoms with Gasteiger partial charge in [-0.3, -0.25) is 9.78 Å². The summed E-state index contributed by atoms with van der Waals surface area (Å²) < 4.78 is 5.85. The largest absolute Gasteiger partial charge is 0.425 e. The summed E-state index contributed by atoms with van der Waals surface area (Å²) in [5, 5.41) is 3.80. The molecule has 0 spiro atoms. The molecule has 2 heterocycles. The van der Waals surface area contributed by atoms with Gasteiger partial charge in [0, 0.05) is 22.6 Å². The Morgan fingerprint density at radius 1 is 0.941 bits per heavy atom. The van der Waals surface area contributed by atoms with Crippen LogP contribution in [0.1, 0.15) is 43.0 Å². The number of pyridine rings is 1. The fourth-order valence-corrected chi connectivity index (χ4v) is 4.59. The predicted molar refractivity (Wildman–Crippen MR) is 133 cm³/mol. The van der Waals surface area contributed by atoms with Crippen LogP contribution < -0.4 is 10.1 Å². The Kier molecular flexibility index (Phi) is 5.01. The van der Waals surface area contributed by atoms with Crippen LogP contribution in [0.2, 0.25) is 0 Å². The van der Waals surface area contributed by atoms with Gasteiger partial charge >= 0.3 is 5.97 Å². The second-order valence-corrected chi connectivity index (χ2v) is 9.77. The summed E-state index contributed by atoms with van der Waals surface area (Å²) in [6, 6.07) is 23.0. The number of nitrogens with one attached hydrogen (secondary N) is 1. The topological polar surface area (TPSA) is 68.3 Å². The van der Waals surface area contributed by atoms with E-state index in [-0.39, 0.29) is 11.9 Å². The van der Waals surface area contributed by atoms with Gasteiger partial charge in [0.15, 0.2) is 0 Å². The number of amides is 1. The number of esters is 1. The SMILES string of the molecule is Cc1ccc2c(c1)C(c1ccccc1)(c1ccc(NC(=O)C(C)(C)C)c3ncccc13)C(=O)O2. The Morgan fingerprint density at radius 2 is 1.71 bits per heavy atom. The summed E-state index contributed by atoms with van der Waals surface area (Å²) in [6.45, 7) is 7.60. The number of fused-ring (bicyclic) bond motifs is 2. The Hall–Kier alpha value is -3.99. The molecule has 0 aliphatic carbocycles. The van der Waals surface area contributed by atoms with E-state index >= 15 is 0 Å². The zero-order valence-corrected chi connectivity index (χ0v) is 19.7. The van der Waals surface area contributed by atoms with Crippen LogP contribution in [0, 0.1) is 12.3 Å². The van der Waals surface area contributed by atoms with Crippen molar-refractivity contribution in [2.75, 3.05) is 5.32 Å². The molecule has 0 saturated carbocycles. The minimum atomic E-state index is -1.16. The normalized spacial score (nSPS) is 17.4. The standard InChI is InChI=1S/C29H26N2O3/c1-18-12-15-24-22(17-18)29(27(33)34-24,19-9-6-5-7-10-19)21-13-14-23(31-26(32)28(2,3)4)25-20(21)11-8-16-30-25/h5-17H,1-4H3,(H,31,32). The lowest BCUT2D eigenvalue weighted by Gasteiger charge is -2.29. The van der Waals surface area contributed by atoms with Gasteiger partial charge in [0.25, 0.3) is 0 Å². The first-order chi connectivity index (χ1) is 16.2. The van der Waals surface area contributed by atoms with E-state index in [9.17, 15) is 9.59 Å². The van der Waals surface area contributed by atoms with E-state index in [1.165, 1.54) is 0 Å². The van der Waals surface area contributed by atoms with Crippen LogP contribution in [0.5, 0.6) is 5.75 Å². The van der Waals surface area contributed by atoms with Crippen LogP contribution in [0.4, 0.5) is 5.69 Å². The molecule has 0 radical (unpaired) electrons. The molecular formula is C29H26N2O3. The second-order valence-electron chi connectivity index (χ2n) is 9.77. The quantitative estimate of drug-likeness (QED) is 0.317. The average Bonchev–Trinajstić information content (AvgIpc) is 3.11. The lowest BCUT2D eigenvalue weighted by molar-refractivity contribution is -0.135. The van der Waals surface area contributed by atoms with Gasteiger partial charge in [-0.25, -0.2) is 4.79 Å². The van der Waals surface area contributed by atoms with Crippen LogP contribution in [0.3, 0.4) is 0 Å². The van der Waals surface area contributed by atoms with E-state index < -0.39 is 10.8 Å². The van der Waals surface area contributed by atoms with Crippen LogP contribution in [-0.2, 0) is 15.0 Å². The van der Waals surface area contributed by atoms with E-state index in [0.29, 0.717) is 17.0 Å². The molecule has 0 saturated heterocycles. The van der Waals surface area contributed by atoms with Gasteiger partial charge in [-0.15, -0.1) is 0 Å². The molecule has 1 atom stereocenters. The molecule has 5 heteroatoms. The van der Waals surface area contributed by atoms with Crippen LogP contribution in [0.25, 0.3) is 10.9 Å². The van der Waals surface area contributed by atoms with Gasteiger partial charge in [0.1, 0.15) is 11.2 Å². The zero-order chi connectivity index (χ0) is 24.1. The van der Waals surface area contributed by atoms with Crippen molar-refractivity contribution in [1.29, 1.82) is 0 Å². The van der Waals surface area contributed by atoms with Crippen molar-refractivity contribution < 1.29 is 14.3 Å². The van der Waals surface area contributed by atoms with Gasteiger partial charge in [-0.05, 0) is 36.2 Å². The number of benzene rings is 3. The fraction of sp³-hybridized carbons (Fsp3) is 0.207. The van der Waals surface area contributed by atoms with Crippen molar-refractivity contribution in [3.63, 3.8) is 0 Å². The van der Waals surface area contributed by atoms with E-state index in [1.807, 2.05) is 100 Å². The third kappa shape index (κ3) is 3.27. The summed E-state index contributed by atoms with van der Waals surface area (Å²) >= 11 is 0. The molecule has 4 aromatic rings. The maximum absolute atomic E-state index is 13.8. The van der Waals surface area contributed by atoms with Crippen LogP contribution in [0.15, 0.2) is 79.0 Å². The average molecular weight is 451 g/mol. The number of nitrogens with zero attached hydrogens (tertiary/aromatic N) is 1. The lowest BCUT2D eigenvalue weighted by Crippen LogP contribution is -2.36. The first kappa shape index (κ1) is 21.8. The van der Waals surface area contributed by atoms with Crippen LogP contribution >= 0.6 is 0 Å².